The fourth-order valence-corrected chi connectivity index (χ4v) is 2.08. The van der Waals surface area contributed by atoms with E-state index in [1.54, 1.807) is 0 Å². The van der Waals surface area contributed by atoms with E-state index in [0.29, 0.717) is 18.1 Å². The van der Waals surface area contributed by atoms with Gasteiger partial charge in [-0.3, -0.25) is 0 Å². The number of carbonyl (C=O) groups excluding carboxylic acids is 1. The Morgan fingerprint density at radius 2 is 2.22 bits per heavy atom. The molecule has 0 bridgehead atoms. The number of esters is 1. The minimum atomic E-state index is -0.205. The van der Waals surface area contributed by atoms with Crippen LogP contribution in [-0.4, -0.2) is 19.1 Å². The molecule has 0 atom stereocenters. The van der Waals surface area contributed by atoms with Gasteiger partial charge in [0.05, 0.1) is 12.2 Å². The molecule has 0 saturated heterocycles. The monoisotopic (exact) mass is 247 g/mol. The summed E-state index contributed by atoms with van der Waals surface area (Å²) < 4.78 is 5.27. The number of rotatable bonds is 4. The van der Waals surface area contributed by atoms with Crippen molar-refractivity contribution in [3.8, 4) is 0 Å². The molecule has 1 aliphatic rings. The number of hydrogen-bond donors (Lipinski definition) is 1. The maximum absolute atomic E-state index is 11.9. The highest BCUT2D eigenvalue weighted by Crippen LogP contribution is 2.16. The lowest BCUT2D eigenvalue weighted by atomic mass is 9.99. The minimum Gasteiger partial charge on any atom is -0.462 e. The van der Waals surface area contributed by atoms with Crippen molar-refractivity contribution < 1.29 is 9.53 Å². The Balaban J connectivity index is 1.98. The van der Waals surface area contributed by atoms with Crippen LogP contribution < -0.4 is 5.32 Å². The van der Waals surface area contributed by atoms with Gasteiger partial charge in [-0.1, -0.05) is 19.9 Å². The topological polar surface area (TPSA) is 38.3 Å². The normalized spacial score (nSPS) is 14.4. The van der Waals surface area contributed by atoms with Gasteiger partial charge in [-0.2, -0.15) is 0 Å². The number of fused-ring (bicyclic) bond motifs is 1. The van der Waals surface area contributed by atoms with Crippen molar-refractivity contribution in [1.29, 1.82) is 0 Å². The highest BCUT2D eigenvalue weighted by molar-refractivity contribution is 5.89. The predicted octanol–water partition coefficient (Wildman–Crippen LogP) is 2.54. The molecule has 3 heteroatoms. The molecule has 0 aromatic heterocycles. The molecule has 1 aromatic rings. The third kappa shape index (κ3) is 3.33. The van der Waals surface area contributed by atoms with E-state index < -0.39 is 0 Å². The molecule has 1 heterocycles. The first-order chi connectivity index (χ1) is 8.66. The number of ether oxygens (including phenoxy) is 1. The Hall–Kier alpha value is -1.35. The number of carbonyl (C=O) groups is 1. The summed E-state index contributed by atoms with van der Waals surface area (Å²) in [7, 11) is 0. The molecule has 98 valence electrons. The summed E-state index contributed by atoms with van der Waals surface area (Å²) in [6.07, 6.45) is 1.95. The Morgan fingerprint density at radius 3 is 3.00 bits per heavy atom. The second-order valence-corrected chi connectivity index (χ2v) is 5.23. The van der Waals surface area contributed by atoms with Gasteiger partial charge in [-0.15, -0.1) is 0 Å². The zero-order valence-corrected chi connectivity index (χ0v) is 11.2. The van der Waals surface area contributed by atoms with Gasteiger partial charge in [0.2, 0.25) is 0 Å². The van der Waals surface area contributed by atoms with Gasteiger partial charge in [0.1, 0.15) is 0 Å². The van der Waals surface area contributed by atoms with E-state index >= 15 is 0 Å². The van der Waals surface area contributed by atoms with Crippen LogP contribution in [0.15, 0.2) is 18.2 Å². The average Bonchev–Trinajstić information content (AvgIpc) is 2.37. The summed E-state index contributed by atoms with van der Waals surface area (Å²) in [4.78, 5) is 11.9. The molecule has 3 nitrogen and oxygen atoms in total. The van der Waals surface area contributed by atoms with Crippen molar-refractivity contribution in [2.75, 3.05) is 13.2 Å². The molecule has 0 fully saturated rings. The SMILES string of the molecule is CC(C)CCOC(=O)c1ccc2c(c1)CNCC2. The fourth-order valence-electron chi connectivity index (χ4n) is 2.08. The van der Waals surface area contributed by atoms with Crippen molar-refractivity contribution >= 4 is 5.97 Å². The summed E-state index contributed by atoms with van der Waals surface area (Å²) >= 11 is 0. The first-order valence-electron chi connectivity index (χ1n) is 6.66. The van der Waals surface area contributed by atoms with Gasteiger partial charge >= 0.3 is 5.97 Å². The van der Waals surface area contributed by atoms with Crippen LogP contribution in [0, 0.1) is 5.92 Å². The Labute approximate surface area is 109 Å². The fraction of sp³-hybridized carbons (Fsp3) is 0.533. The summed E-state index contributed by atoms with van der Waals surface area (Å²) in [5, 5.41) is 3.31. The molecule has 0 aliphatic carbocycles. The van der Waals surface area contributed by atoms with Crippen LogP contribution >= 0.6 is 0 Å². The molecule has 2 rings (SSSR count). The van der Waals surface area contributed by atoms with Gasteiger partial charge in [0, 0.05) is 6.54 Å². The molecule has 18 heavy (non-hydrogen) atoms. The van der Waals surface area contributed by atoms with E-state index in [9.17, 15) is 4.79 Å². The molecule has 1 aromatic carbocycles. The molecule has 1 aliphatic heterocycles. The molecule has 0 radical (unpaired) electrons. The van der Waals surface area contributed by atoms with Crippen LogP contribution in [-0.2, 0) is 17.7 Å². The third-order valence-electron chi connectivity index (χ3n) is 3.26. The second-order valence-electron chi connectivity index (χ2n) is 5.23. The van der Waals surface area contributed by atoms with Gasteiger partial charge in [0.15, 0.2) is 0 Å². The summed E-state index contributed by atoms with van der Waals surface area (Å²) in [5.41, 5.74) is 3.23. The molecule has 0 spiro atoms. The molecule has 0 saturated carbocycles. The van der Waals surface area contributed by atoms with Gasteiger partial charge in [-0.25, -0.2) is 4.79 Å². The lowest BCUT2D eigenvalue weighted by Crippen LogP contribution is -2.24. The van der Waals surface area contributed by atoms with Gasteiger partial charge in [0.25, 0.3) is 0 Å². The lowest BCUT2D eigenvalue weighted by molar-refractivity contribution is 0.0488. The zero-order chi connectivity index (χ0) is 13.0. The van der Waals surface area contributed by atoms with E-state index in [0.717, 1.165) is 25.9 Å². The van der Waals surface area contributed by atoms with Crippen molar-refractivity contribution in [1.82, 2.24) is 5.32 Å². The highest BCUT2D eigenvalue weighted by atomic mass is 16.5. The quantitative estimate of drug-likeness (QED) is 0.831. The van der Waals surface area contributed by atoms with E-state index in [2.05, 4.69) is 25.2 Å². The summed E-state index contributed by atoms with van der Waals surface area (Å²) in [6, 6.07) is 5.89. The largest absolute Gasteiger partial charge is 0.462 e. The second kappa shape index (κ2) is 6.01. The lowest BCUT2D eigenvalue weighted by Gasteiger charge is -2.17. The van der Waals surface area contributed by atoms with Crippen LogP contribution in [0.2, 0.25) is 0 Å². The summed E-state index contributed by atoms with van der Waals surface area (Å²) in [5.74, 6) is 0.356. The average molecular weight is 247 g/mol. The van der Waals surface area contributed by atoms with Gasteiger partial charge in [-0.05, 0) is 48.6 Å². The van der Waals surface area contributed by atoms with E-state index in [1.165, 1.54) is 11.1 Å². The third-order valence-corrected chi connectivity index (χ3v) is 3.26. The van der Waals surface area contributed by atoms with Crippen LogP contribution in [0.3, 0.4) is 0 Å². The van der Waals surface area contributed by atoms with E-state index in [4.69, 9.17) is 4.74 Å². The van der Waals surface area contributed by atoms with Gasteiger partial charge < -0.3 is 10.1 Å². The first-order valence-corrected chi connectivity index (χ1v) is 6.66. The number of benzene rings is 1. The van der Waals surface area contributed by atoms with Crippen LogP contribution in [0.25, 0.3) is 0 Å². The highest BCUT2D eigenvalue weighted by Gasteiger charge is 2.13. The van der Waals surface area contributed by atoms with Crippen molar-refractivity contribution in [2.45, 2.75) is 33.2 Å². The standard InChI is InChI=1S/C15H21NO2/c1-11(2)6-8-18-15(17)13-4-3-12-5-7-16-10-14(12)9-13/h3-4,9,11,16H,5-8,10H2,1-2H3. The van der Waals surface area contributed by atoms with E-state index in [1.807, 2.05) is 12.1 Å². The minimum absolute atomic E-state index is 0.205. The number of nitrogens with one attached hydrogen (secondary N) is 1. The maximum atomic E-state index is 11.9. The van der Waals surface area contributed by atoms with Crippen molar-refractivity contribution in [3.63, 3.8) is 0 Å². The zero-order valence-electron chi connectivity index (χ0n) is 11.2. The molecular weight excluding hydrogens is 226 g/mol. The van der Waals surface area contributed by atoms with Crippen LogP contribution in [0.5, 0.6) is 0 Å². The molecule has 0 amide bonds. The van der Waals surface area contributed by atoms with Crippen LogP contribution in [0.4, 0.5) is 0 Å². The van der Waals surface area contributed by atoms with E-state index in [-0.39, 0.29) is 5.97 Å². The molecule has 1 N–H and O–H groups in total. The Morgan fingerprint density at radius 1 is 1.39 bits per heavy atom. The maximum Gasteiger partial charge on any atom is 0.338 e. The van der Waals surface area contributed by atoms with Crippen molar-refractivity contribution in [3.05, 3.63) is 34.9 Å². The molecule has 0 unspecified atom stereocenters. The Kier molecular flexibility index (Phi) is 4.37. The molecular formula is C15H21NO2. The van der Waals surface area contributed by atoms with Crippen LogP contribution in [0.1, 0.15) is 41.8 Å². The smallest absolute Gasteiger partial charge is 0.338 e. The Bertz CT molecular complexity index is 427. The predicted molar refractivity (Wildman–Crippen MR) is 71.6 cm³/mol. The first kappa shape index (κ1) is 13.1. The summed E-state index contributed by atoms with van der Waals surface area (Å²) in [6.45, 7) is 6.62. The number of hydrogen-bond acceptors (Lipinski definition) is 3. The van der Waals surface area contributed by atoms with Crippen molar-refractivity contribution in [2.24, 2.45) is 5.92 Å².